The van der Waals surface area contributed by atoms with Gasteiger partial charge in [-0.05, 0) is 51.5 Å². The molecule has 2 radical (unpaired) electrons. The van der Waals surface area contributed by atoms with Gasteiger partial charge in [0.25, 0.3) is 11.8 Å². The fourth-order valence-electron chi connectivity index (χ4n) is 6.10. The van der Waals surface area contributed by atoms with Gasteiger partial charge in [0.05, 0.1) is 20.9 Å². The first-order valence-corrected chi connectivity index (χ1v) is 18.7. The van der Waals surface area contributed by atoms with Crippen molar-refractivity contribution >= 4 is 50.9 Å². The first-order chi connectivity index (χ1) is 24.3. The van der Waals surface area contributed by atoms with Crippen molar-refractivity contribution in [2.24, 2.45) is 0 Å². The number of allylic oxidation sites excluding steroid dienone is 1. The number of carbonyl (C=O) groups is 3. The number of rotatable bonds is 11. The third kappa shape index (κ3) is 12.5. The molecule has 0 aromatic heterocycles. The molecule has 2 aromatic rings. The van der Waals surface area contributed by atoms with Crippen LogP contribution in [-0.4, -0.2) is 124 Å². The van der Waals surface area contributed by atoms with E-state index in [4.69, 9.17) is 9.47 Å². The number of halogens is 2. The first-order valence-electron chi connectivity index (χ1n) is 17.5. The second kappa shape index (κ2) is 19.8. The minimum Gasteiger partial charge on any atom is -0.488 e. The maximum atomic E-state index is 13.7. The molecule has 15 heteroatoms. The van der Waals surface area contributed by atoms with Crippen LogP contribution < -0.4 is 20.3 Å². The van der Waals surface area contributed by atoms with Crippen LogP contribution in [0.5, 0.6) is 5.75 Å². The van der Waals surface area contributed by atoms with E-state index >= 15 is 0 Å². The predicted molar refractivity (Wildman–Crippen MR) is 201 cm³/mol. The van der Waals surface area contributed by atoms with Crippen molar-refractivity contribution in [2.45, 2.75) is 58.6 Å². The van der Waals surface area contributed by atoms with E-state index in [1.54, 1.807) is 4.90 Å². The second-order valence-corrected chi connectivity index (χ2v) is 15.1. The molecule has 0 spiro atoms. The Hall–Kier alpha value is -3.07. The maximum absolute atomic E-state index is 13.7. The van der Waals surface area contributed by atoms with E-state index in [0.29, 0.717) is 45.8 Å². The second-order valence-electron chi connectivity index (χ2n) is 13.8. The SMILES string of the molecule is CN(CCCN1CCN(C(=O)OC(C)(C)C)CC1)c1cc(OCc2ccccc2)c2c(c1)C(C(=O)NCC(=O)N1CCC(F)(F)C1)=CCP2.[B]C.[Zn]. The van der Waals surface area contributed by atoms with Crippen LogP contribution in [0.15, 0.2) is 48.5 Å². The zero-order valence-corrected chi connectivity index (χ0v) is 35.1. The molecule has 2 aromatic carbocycles. The molecule has 1 unspecified atom stereocenters. The van der Waals surface area contributed by atoms with Crippen LogP contribution in [0, 0.1) is 0 Å². The molecule has 0 saturated carbocycles. The minimum absolute atomic E-state index is 0. The van der Waals surface area contributed by atoms with E-state index in [-0.39, 0.29) is 45.1 Å². The van der Waals surface area contributed by atoms with Crippen molar-refractivity contribution in [3.8, 4) is 5.75 Å². The Morgan fingerprint density at radius 2 is 1.71 bits per heavy atom. The predicted octanol–water partition coefficient (Wildman–Crippen LogP) is 4.53. The molecule has 278 valence electrons. The molecule has 0 aliphatic carbocycles. The summed E-state index contributed by atoms with van der Waals surface area (Å²) < 4.78 is 39.2. The van der Waals surface area contributed by atoms with Crippen LogP contribution in [0.4, 0.5) is 19.3 Å². The Morgan fingerprint density at radius 1 is 1.02 bits per heavy atom. The number of nitrogens with zero attached hydrogens (tertiary/aromatic N) is 4. The van der Waals surface area contributed by atoms with Gasteiger partial charge in [-0.1, -0.05) is 51.8 Å². The number of piperazine rings is 1. The first kappa shape index (κ1) is 43.3. The number of benzene rings is 2. The minimum atomic E-state index is -2.89. The molecule has 10 nitrogen and oxygen atoms in total. The molecule has 2 fully saturated rings. The van der Waals surface area contributed by atoms with E-state index in [0.717, 1.165) is 59.6 Å². The number of ether oxygens (including phenoxy) is 2. The Balaban J connectivity index is 0.00000239. The summed E-state index contributed by atoms with van der Waals surface area (Å²) in [4.78, 5) is 45.9. The van der Waals surface area contributed by atoms with Crippen LogP contribution in [0.2, 0.25) is 6.82 Å². The number of nitrogens with one attached hydrogen (secondary N) is 1. The fraction of sp³-hybridized carbons (Fsp3) is 0.541. The summed E-state index contributed by atoms with van der Waals surface area (Å²) in [6.07, 6.45) is 2.80. The Bertz CT molecular complexity index is 1540. The average molecular weight is 791 g/mol. The third-order valence-corrected chi connectivity index (χ3v) is 10.1. The summed E-state index contributed by atoms with van der Waals surface area (Å²) in [5.41, 5.74) is 2.62. The molecule has 3 aliphatic heterocycles. The molecule has 1 N–H and O–H groups in total. The van der Waals surface area contributed by atoms with Gasteiger partial charge < -0.3 is 29.5 Å². The fourth-order valence-corrected chi connectivity index (χ4v) is 7.32. The number of carbonyl (C=O) groups excluding carboxylic acids is 3. The quantitative estimate of drug-likeness (QED) is 0.264. The number of likely N-dealkylation sites (tertiary alicyclic amines) is 1. The number of hydrogen-bond donors (Lipinski definition) is 1. The Labute approximate surface area is 322 Å². The number of alkyl halides is 2. The van der Waals surface area contributed by atoms with Crippen molar-refractivity contribution in [1.29, 1.82) is 0 Å². The number of hydrogen-bond acceptors (Lipinski definition) is 7. The molecule has 3 amide bonds. The van der Waals surface area contributed by atoms with Crippen molar-refractivity contribution in [3.63, 3.8) is 0 Å². The van der Waals surface area contributed by atoms with Crippen LogP contribution in [0.3, 0.4) is 0 Å². The van der Waals surface area contributed by atoms with Gasteiger partial charge in [0.1, 0.15) is 18.0 Å². The largest absolute Gasteiger partial charge is 0.488 e. The number of fused-ring (bicyclic) bond motifs is 1. The summed E-state index contributed by atoms with van der Waals surface area (Å²) in [7, 11) is 6.91. The monoisotopic (exact) mass is 789 g/mol. The third-order valence-electron chi connectivity index (χ3n) is 8.80. The summed E-state index contributed by atoms with van der Waals surface area (Å²) in [5, 5.41) is 3.64. The molecule has 3 aliphatic rings. The van der Waals surface area contributed by atoms with Gasteiger partial charge >= 0.3 is 6.09 Å². The summed E-state index contributed by atoms with van der Waals surface area (Å²) in [5.74, 6) is -3.10. The summed E-state index contributed by atoms with van der Waals surface area (Å²) >= 11 is 0. The van der Waals surface area contributed by atoms with E-state index in [9.17, 15) is 23.2 Å². The van der Waals surface area contributed by atoms with Gasteiger partial charge in [-0.25, -0.2) is 13.6 Å². The molecule has 2 saturated heterocycles. The zero-order valence-electron chi connectivity index (χ0n) is 31.2. The summed E-state index contributed by atoms with van der Waals surface area (Å²) in [6, 6.07) is 13.9. The Morgan fingerprint density at radius 3 is 2.35 bits per heavy atom. The molecule has 52 heavy (non-hydrogen) atoms. The molecule has 3 heterocycles. The van der Waals surface area contributed by atoms with E-state index < -0.39 is 29.9 Å². The average Bonchev–Trinajstić information content (AvgIpc) is 3.49. The standard InChI is InChI=1S/C36H48F2N5O5P.CH3B.Zn/c1-35(2,3)48-34(46)42-18-16-41(17-19-42)14-8-13-40(4)27-21-29-28(33(45)39-23-31(44)43-15-12-36(37,38)25-43)11-20-49-32(29)30(22-27)47-24-26-9-6-5-7-10-26;1-2;/h5-7,9-11,21-22,49H,8,12-20,23-25H2,1-4H3,(H,39,45);1H3;. The molecule has 0 bridgehead atoms. The van der Waals surface area contributed by atoms with Gasteiger partial charge in [0.15, 0.2) is 0 Å². The van der Waals surface area contributed by atoms with Crippen molar-refractivity contribution in [1.82, 2.24) is 20.0 Å². The van der Waals surface area contributed by atoms with Crippen LogP contribution in [0.1, 0.15) is 44.7 Å². The van der Waals surface area contributed by atoms with E-state index in [2.05, 4.69) is 23.0 Å². The van der Waals surface area contributed by atoms with Crippen molar-refractivity contribution in [3.05, 3.63) is 59.7 Å². The number of anilines is 1. The topological polar surface area (TPSA) is 94.7 Å². The van der Waals surface area contributed by atoms with E-state index in [1.807, 2.05) is 76.4 Å². The van der Waals surface area contributed by atoms with Crippen LogP contribution in [-0.2, 0) is 40.4 Å². The van der Waals surface area contributed by atoms with Crippen LogP contribution in [0.25, 0.3) is 5.57 Å². The number of amides is 3. The van der Waals surface area contributed by atoms with Crippen LogP contribution >= 0.6 is 8.58 Å². The molecule has 5 rings (SSSR count). The van der Waals surface area contributed by atoms with Gasteiger partial charge in [-0.2, -0.15) is 0 Å². The molecular weight excluding hydrogens is 740 g/mol. The zero-order chi connectivity index (χ0) is 37.2. The van der Waals surface area contributed by atoms with E-state index in [1.165, 1.54) is 6.82 Å². The van der Waals surface area contributed by atoms with Gasteiger partial charge in [-0.15, -0.1) is 0 Å². The van der Waals surface area contributed by atoms with Gasteiger partial charge in [-0.3, -0.25) is 14.5 Å². The van der Waals surface area contributed by atoms with Crippen molar-refractivity contribution < 1.29 is 52.1 Å². The summed E-state index contributed by atoms with van der Waals surface area (Å²) in [6.45, 7) is 11.0. The molecular formula is C37H51BF2N5O5PZn. The Kier molecular flexibility index (Phi) is 16.5. The van der Waals surface area contributed by atoms with Crippen molar-refractivity contribution in [2.75, 3.05) is 77.0 Å². The smallest absolute Gasteiger partial charge is 0.410 e. The normalized spacial score (nSPS) is 17.2. The van der Waals surface area contributed by atoms with Gasteiger partial charge in [0, 0.05) is 100 Å². The van der Waals surface area contributed by atoms with Gasteiger partial charge in [0.2, 0.25) is 5.91 Å². The molecule has 1 atom stereocenters. The maximum Gasteiger partial charge on any atom is 0.410 e.